The molecule has 0 atom stereocenters. The molecule has 1 aliphatic rings. The monoisotopic (exact) mass is 270 g/mol. The predicted octanol–water partition coefficient (Wildman–Crippen LogP) is 4.03. The van der Waals surface area contributed by atoms with Crippen molar-refractivity contribution in [1.82, 2.24) is 0 Å². The number of para-hydroxylation sites is 2. The Hall–Kier alpha value is -1.45. The molecule has 0 fully saturated rings. The van der Waals surface area contributed by atoms with E-state index in [1.54, 1.807) is 0 Å². The fraction of sp³-hybridized carbons (Fsp3) is 0.250. The summed E-state index contributed by atoms with van der Waals surface area (Å²) in [5.74, 6) is 0. The Kier molecular flexibility index (Phi) is 3.03. The number of benzene rings is 2. The average Bonchev–Trinajstić information content (AvgIpc) is 2.37. The van der Waals surface area contributed by atoms with Crippen LogP contribution in [0.15, 0.2) is 58.3 Å². The van der Waals surface area contributed by atoms with Gasteiger partial charge in [0.05, 0.1) is 11.4 Å². The molecule has 0 unspecified atom stereocenters. The van der Waals surface area contributed by atoms with E-state index in [0.29, 0.717) is 0 Å². The van der Waals surface area contributed by atoms with Gasteiger partial charge in [0.15, 0.2) is 0 Å². The number of fused-ring (bicyclic) bond motifs is 2. The van der Waals surface area contributed by atoms with Crippen LogP contribution in [0.1, 0.15) is 13.8 Å². The summed E-state index contributed by atoms with van der Waals surface area (Å²) >= 11 is 1.83. The second-order valence-corrected chi connectivity index (χ2v) is 6.70. The molecule has 1 aliphatic heterocycles. The minimum atomic E-state index is -0.234. The molecule has 1 heterocycles. The first-order chi connectivity index (χ1) is 9.04. The molecule has 0 aromatic heterocycles. The molecule has 0 spiro atoms. The molecule has 0 saturated heterocycles. The van der Waals surface area contributed by atoms with Crippen molar-refractivity contribution in [2.75, 3.05) is 11.4 Å². The molecule has 2 aromatic carbocycles. The van der Waals surface area contributed by atoms with Crippen molar-refractivity contribution < 1.29 is 0 Å². The topological polar surface area (TPSA) is 29.3 Å². The van der Waals surface area contributed by atoms with Crippen LogP contribution in [0.3, 0.4) is 0 Å². The Morgan fingerprint density at radius 3 is 1.89 bits per heavy atom. The summed E-state index contributed by atoms with van der Waals surface area (Å²) in [6.07, 6.45) is 0. The van der Waals surface area contributed by atoms with Crippen LogP contribution in [0.4, 0.5) is 11.4 Å². The summed E-state index contributed by atoms with van der Waals surface area (Å²) in [7, 11) is 0. The lowest BCUT2D eigenvalue weighted by molar-refractivity contribution is 0.524. The molecule has 98 valence electrons. The van der Waals surface area contributed by atoms with Crippen molar-refractivity contribution in [3.8, 4) is 0 Å². The lowest BCUT2D eigenvalue weighted by Gasteiger charge is -2.36. The maximum Gasteiger partial charge on any atom is 0.0553 e. The first kappa shape index (κ1) is 12.6. The number of hydrogen-bond donors (Lipinski definition) is 1. The average molecular weight is 270 g/mol. The van der Waals surface area contributed by atoms with Crippen LogP contribution >= 0.6 is 11.8 Å². The molecule has 3 heteroatoms. The van der Waals surface area contributed by atoms with Crippen molar-refractivity contribution in [3.63, 3.8) is 0 Å². The van der Waals surface area contributed by atoms with Crippen molar-refractivity contribution in [2.24, 2.45) is 5.73 Å². The predicted molar refractivity (Wildman–Crippen MR) is 82.3 cm³/mol. The van der Waals surface area contributed by atoms with E-state index in [1.807, 2.05) is 11.8 Å². The van der Waals surface area contributed by atoms with E-state index in [0.717, 1.165) is 6.54 Å². The van der Waals surface area contributed by atoms with Crippen LogP contribution in [0, 0.1) is 0 Å². The highest BCUT2D eigenvalue weighted by atomic mass is 32.2. The molecular weight excluding hydrogens is 252 g/mol. The molecule has 0 bridgehead atoms. The Balaban J connectivity index is 2.11. The number of nitrogens with two attached hydrogens (primary N) is 1. The molecule has 0 amide bonds. The molecule has 2 nitrogen and oxygen atoms in total. The number of anilines is 2. The first-order valence-electron chi connectivity index (χ1n) is 6.47. The summed E-state index contributed by atoms with van der Waals surface area (Å²) in [4.78, 5) is 4.93. The molecule has 0 radical (unpaired) electrons. The highest BCUT2D eigenvalue weighted by Crippen LogP contribution is 2.47. The third-order valence-corrected chi connectivity index (χ3v) is 4.23. The normalized spacial score (nSPS) is 13.9. The maximum absolute atomic E-state index is 6.23. The fourth-order valence-electron chi connectivity index (χ4n) is 2.36. The zero-order chi connectivity index (χ0) is 13.5. The standard InChI is InChI=1S/C16H18N2S/c1-16(2,17)11-18-12-7-3-5-9-14(12)19-15-10-6-4-8-13(15)18/h3-10H,11,17H2,1-2H3. The van der Waals surface area contributed by atoms with Crippen LogP contribution in [0.25, 0.3) is 0 Å². The van der Waals surface area contributed by atoms with E-state index < -0.39 is 0 Å². The number of hydrogen-bond acceptors (Lipinski definition) is 3. The minimum absolute atomic E-state index is 0.234. The molecule has 2 aromatic rings. The molecule has 2 N–H and O–H groups in total. The van der Waals surface area contributed by atoms with Gasteiger partial charge in [-0.15, -0.1) is 0 Å². The van der Waals surface area contributed by atoms with Crippen molar-refractivity contribution in [1.29, 1.82) is 0 Å². The third kappa shape index (κ3) is 2.48. The number of nitrogens with zero attached hydrogens (tertiary/aromatic N) is 1. The summed E-state index contributed by atoms with van der Waals surface area (Å²) < 4.78 is 0. The van der Waals surface area contributed by atoms with E-state index in [2.05, 4.69) is 67.3 Å². The van der Waals surface area contributed by atoms with Crippen LogP contribution in [-0.2, 0) is 0 Å². The van der Waals surface area contributed by atoms with Gasteiger partial charge >= 0.3 is 0 Å². The second-order valence-electron chi connectivity index (χ2n) is 5.61. The second kappa shape index (κ2) is 4.58. The lowest BCUT2D eigenvalue weighted by atomic mass is 10.1. The van der Waals surface area contributed by atoms with Gasteiger partial charge in [0.25, 0.3) is 0 Å². The van der Waals surface area contributed by atoms with Gasteiger partial charge in [-0.1, -0.05) is 36.0 Å². The summed E-state index contributed by atoms with van der Waals surface area (Å²) in [6, 6.07) is 17.0. The van der Waals surface area contributed by atoms with Gasteiger partial charge in [0.1, 0.15) is 0 Å². The molecule has 19 heavy (non-hydrogen) atoms. The Morgan fingerprint density at radius 1 is 0.947 bits per heavy atom. The zero-order valence-electron chi connectivity index (χ0n) is 11.3. The van der Waals surface area contributed by atoms with Gasteiger partial charge in [0.2, 0.25) is 0 Å². The van der Waals surface area contributed by atoms with Gasteiger partial charge in [-0.3, -0.25) is 0 Å². The van der Waals surface area contributed by atoms with E-state index in [1.165, 1.54) is 21.2 Å². The van der Waals surface area contributed by atoms with Crippen molar-refractivity contribution >= 4 is 23.1 Å². The molecule has 0 aliphatic carbocycles. The Labute approximate surface area is 118 Å². The van der Waals surface area contributed by atoms with Crippen molar-refractivity contribution in [2.45, 2.75) is 29.2 Å². The van der Waals surface area contributed by atoms with Gasteiger partial charge in [-0.05, 0) is 38.1 Å². The van der Waals surface area contributed by atoms with E-state index in [-0.39, 0.29) is 5.54 Å². The van der Waals surface area contributed by atoms with Gasteiger partial charge in [-0.25, -0.2) is 0 Å². The summed E-state index contributed by atoms with van der Waals surface area (Å²) in [6.45, 7) is 4.95. The SMILES string of the molecule is CC(C)(N)CN1c2ccccc2Sc2ccccc21. The first-order valence-corrected chi connectivity index (χ1v) is 7.29. The third-order valence-electron chi connectivity index (χ3n) is 3.10. The van der Waals surface area contributed by atoms with Crippen LogP contribution in [0.5, 0.6) is 0 Å². The molecule has 0 saturated carbocycles. The lowest BCUT2D eigenvalue weighted by Crippen LogP contribution is -2.44. The number of rotatable bonds is 2. The quantitative estimate of drug-likeness (QED) is 0.893. The summed E-state index contributed by atoms with van der Waals surface area (Å²) in [5, 5.41) is 0. The highest BCUT2D eigenvalue weighted by Gasteiger charge is 2.26. The zero-order valence-corrected chi connectivity index (χ0v) is 12.1. The van der Waals surface area contributed by atoms with E-state index in [9.17, 15) is 0 Å². The van der Waals surface area contributed by atoms with E-state index in [4.69, 9.17) is 5.73 Å². The van der Waals surface area contributed by atoms with Crippen molar-refractivity contribution in [3.05, 3.63) is 48.5 Å². The van der Waals surface area contributed by atoms with E-state index >= 15 is 0 Å². The summed E-state index contributed by atoms with van der Waals surface area (Å²) in [5.41, 5.74) is 8.51. The Bertz CT molecular complexity index is 556. The molecular formula is C16H18N2S. The van der Waals surface area contributed by atoms with Gasteiger partial charge < -0.3 is 10.6 Å². The molecule has 3 rings (SSSR count). The van der Waals surface area contributed by atoms with Crippen LogP contribution in [-0.4, -0.2) is 12.1 Å². The van der Waals surface area contributed by atoms with Gasteiger partial charge in [0, 0.05) is 21.9 Å². The maximum atomic E-state index is 6.23. The van der Waals surface area contributed by atoms with Crippen LogP contribution in [0.2, 0.25) is 0 Å². The fourth-order valence-corrected chi connectivity index (χ4v) is 3.45. The Morgan fingerprint density at radius 2 is 1.42 bits per heavy atom. The smallest absolute Gasteiger partial charge is 0.0553 e. The van der Waals surface area contributed by atoms with Gasteiger partial charge in [-0.2, -0.15) is 0 Å². The highest BCUT2D eigenvalue weighted by molar-refractivity contribution is 7.99. The van der Waals surface area contributed by atoms with Crippen LogP contribution < -0.4 is 10.6 Å². The largest absolute Gasteiger partial charge is 0.338 e. The minimum Gasteiger partial charge on any atom is -0.338 e.